The van der Waals surface area contributed by atoms with Crippen molar-refractivity contribution in [2.45, 2.75) is 6.18 Å². The Morgan fingerprint density at radius 1 is 1.38 bits per heavy atom. The second-order valence-corrected chi connectivity index (χ2v) is 5.23. The summed E-state index contributed by atoms with van der Waals surface area (Å²) in [5.74, 6) is 3.15. The van der Waals surface area contributed by atoms with Crippen molar-refractivity contribution >= 4 is 23.6 Å². The van der Waals surface area contributed by atoms with Gasteiger partial charge in [0.2, 0.25) is 0 Å². The van der Waals surface area contributed by atoms with Gasteiger partial charge in [-0.15, -0.1) is 6.42 Å². The Bertz CT molecular complexity index is 831. The van der Waals surface area contributed by atoms with Crippen LogP contribution in [0.1, 0.15) is 11.1 Å². The number of terminal acetylenes is 1. The molecule has 5 nitrogen and oxygen atoms in total. The number of hydrogen-bond donors (Lipinski definition) is 1. The summed E-state index contributed by atoms with van der Waals surface area (Å²) in [6, 6.07) is 5.26. The molecule has 0 aliphatic carbocycles. The summed E-state index contributed by atoms with van der Waals surface area (Å²) < 4.78 is 47.9. The quantitative estimate of drug-likeness (QED) is 0.461. The fraction of sp³-hybridized carbons (Fsp3) is 0.176. The van der Waals surface area contributed by atoms with Gasteiger partial charge in [0.15, 0.2) is 11.5 Å². The molecule has 1 aromatic carbocycles. The van der Waals surface area contributed by atoms with Gasteiger partial charge in [-0.2, -0.15) is 18.3 Å². The summed E-state index contributed by atoms with van der Waals surface area (Å²) in [7, 11) is 1.44. The van der Waals surface area contributed by atoms with Crippen LogP contribution in [0.5, 0.6) is 11.5 Å². The van der Waals surface area contributed by atoms with Crippen LogP contribution in [0.15, 0.2) is 35.6 Å². The fourth-order valence-corrected chi connectivity index (χ4v) is 2.14. The maximum atomic E-state index is 12.5. The highest BCUT2D eigenvalue weighted by atomic mass is 35.5. The second kappa shape index (κ2) is 8.45. The molecule has 9 heteroatoms. The van der Waals surface area contributed by atoms with Crippen LogP contribution in [0.4, 0.5) is 19.0 Å². The van der Waals surface area contributed by atoms with E-state index >= 15 is 0 Å². The SMILES string of the molecule is C#CCOc1c(Cl)cc(/C=N\Nc2ccc(C(F)(F)F)cn2)cc1OC. The number of nitrogens with zero attached hydrogens (tertiary/aromatic N) is 2. The highest BCUT2D eigenvalue weighted by Gasteiger charge is 2.30. The highest BCUT2D eigenvalue weighted by Crippen LogP contribution is 2.36. The maximum absolute atomic E-state index is 12.5. The third-order valence-electron chi connectivity index (χ3n) is 3.04. The molecule has 0 bridgehead atoms. The second-order valence-electron chi connectivity index (χ2n) is 4.83. The van der Waals surface area contributed by atoms with Crippen molar-refractivity contribution in [2.75, 3.05) is 19.1 Å². The zero-order valence-corrected chi connectivity index (χ0v) is 14.2. The summed E-state index contributed by atoms with van der Waals surface area (Å²) >= 11 is 6.13. The minimum absolute atomic E-state index is 0.0324. The molecule has 0 radical (unpaired) electrons. The molecule has 2 aromatic rings. The lowest BCUT2D eigenvalue weighted by Gasteiger charge is -2.11. The summed E-state index contributed by atoms with van der Waals surface area (Å²) in [4.78, 5) is 3.64. The summed E-state index contributed by atoms with van der Waals surface area (Å²) in [6.07, 6.45) is 2.83. The van der Waals surface area contributed by atoms with Crippen LogP contribution in [0.2, 0.25) is 5.02 Å². The average Bonchev–Trinajstić information content (AvgIpc) is 2.60. The molecule has 0 unspecified atom stereocenters. The third-order valence-corrected chi connectivity index (χ3v) is 3.32. The van der Waals surface area contributed by atoms with Gasteiger partial charge in [0, 0.05) is 6.20 Å². The van der Waals surface area contributed by atoms with Gasteiger partial charge < -0.3 is 9.47 Å². The van der Waals surface area contributed by atoms with Crippen molar-refractivity contribution in [3.05, 3.63) is 46.6 Å². The number of halogens is 4. The first-order valence-corrected chi connectivity index (χ1v) is 7.49. The van der Waals surface area contributed by atoms with Crippen molar-refractivity contribution in [3.8, 4) is 23.8 Å². The van der Waals surface area contributed by atoms with Crippen molar-refractivity contribution < 1.29 is 22.6 Å². The largest absolute Gasteiger partial charge is 0.493 e. The van der Waals surface area contributed by atoms with E-state index in [0.29, 0.717) is 17.1 Å². The molecule has 26 heavy (non-hydrogen) atoms. The smallest absolute Gasteiger partial charge is 0.417 e. The van der Waals surface area contributed by atoms with Crippen molar-refractivity contribution in [1.29, 1.82) is 0 Å². The molecule has 1 heterocycles. The molecule has 1 N–H and O–H groups in total. The van der Waals surface area contributed by atoms with Crippen molar-refractivity contribution in [2.24, 2.45) is 5.10 Å². The van der Waals surface area contributed by atoms with Crippen LogP contribution in [-0.2, 0) is 6.18 Å². The zero-order chi connectivity index (χ0) is 19.2. The van der Waals surface area contributed by atoms with Gasteiger partial charge in [-0.1, -0.05) is 17.5 Å². The number of anilines is 1. The number of hydrogen-bond acceptors (Lipinski definition) is 5. The van der Waals surface area contributed by atoms with Gasteiger partial charge in [-0.3, -0.25) is 5.43 Å². The van der Waals surface area contributed by atoms with E-state index in [-0.39, 0.29) is 17.4 Å². The van der Waals surface area contributed by atoms with Gasteiger partial charge in [0.1, 0.15) is 12.4 Å². The van der Waals surface area contributed by atoms with Gasteiger partial charge in [0.25, 0.3) is 0 Å². The molecule has 0 aliphatic rings. The highest BCUT2D eigenvalue weighted by molar-refractivity contribution is 6.32. The first-order chi connectivity index (χ1) is 12.3. The molecule has 2 rings (SSSR count). The number of rotatable bonds is 6. The normalized spacial score (nSPS) is 11.2. The standard InChI is InChI=1S/C17H13ClF3N3O2/c1-3-6-26-16-13(18)7-11(8-14(16)25-2)9-23-24-15-5-4-12(10-22-15)17(19,20)21/h1,4-5,7-10H,6H2,2H3,(H,22,24)/b23-9-. The Kier molecular flexibility index (Phi) is 6.31. The van der Waals surface area contributed by atoms with Crippen LogP contribution in [-0.4, -0.2) is 24.9 Å². The summed E-state index contributed by atoms with van der Waals surface area (Å²) in [6.45, 7) is 0.0324. The molecule has 0 saturated carbocycles. The third kappa shape index (κ3) is 5.04. The van der Waals surface area contributed by atoms with E-state index in [1.807, 2.05) is 0 Å². The molecule has 0 spiro atoms. The van der Waals surface area contributed by atoms with E-state index in [1.54, 1.807) is 12.1 Å². The average molecular weight is 384 g/mol. The van der Waals surface area contributed by atoms with Crippen LogP contribution in [0.3, 0.4) is 0 Å². The number of aromatic nitrogens is 1. The lowest BCUT2D eigenvalue weighted by molar-refractivity contribution is -0.137. The number of hydrazone groups is 1. The number of ether oxygens (including phenoxy) is 2. The van der Waals surface area contributed by atoms with E-state index in [0.717, 1.165) is 12.3 Å². The monoisotopic (exact) mass is 383 g/mol. The Balaban J connectivity index is 2.10. The van der Waals surface area contributed by atoms with Gasteiger partial charge in [-0.25, -0.2) is 4.98 Å². The van der Waals surface area contributed by atoms with E-state index < -0.39 is 11.7 Å². The van der Waals surface area contributed by atoms with E-state index in [9.17, 15) is 13.2 Å². The van der Waals surface area contributed by atoms with Crippen LogP contribution in [0.25, 0.3) is 0 Å². The van der Waals surface area contributed by atoms with Crippen LogP contribution < -0.4 is 14.9 Å². The molecule has 1 aromatic heterocycles. The minimum Gasteiger partial charge on any atom is -0.493 e. The number of benzene rings is 1. The lowest BCUT2D eigenvalue weighted by Crippen LogP contribution is -2.05. The van der Waals surface area contributed by atoms with Crippen molar-refractivity contribution in [3.63, 3.8) is 0 Å². The van der Waals surface area contributed by atoms with Crippen LogP contribution >= 0.6 is 11.6 Å². The summed E-state index contributed by atoms with van der Waals surface area (Å²) in [5, 5.41) is 4.18. The minimum atomic E-state index is -4.44. The maximum Gasteiger partial charge on any atom is 0.417 e. The Labute approximate surface area is 152 Å². The van der Waals surface area contributed by atoms with Crippen LogP contribution in [0, 0.1) is 12.3 Å². The number of methoxy groups -OCH3 is 1. The zero-order valence-electron chi connectivity index (χ0n) is 13.5. The van der Waals surface area contributed by atoms with Gasteiger partial charge >= 0.3 is 6.18 Å². The molecular weight excluding hydrogens is 371 g/mol. The Hall–Kier alpha value is -2.92. The van der Waals surface area contributed by atoms with E-state index in [4.69, 9.17) is 27.5 Å². The lowest BCUT2D eigenvalue weighted by atomic mass is 10.2. The summed E-state index contributed by atoms with van der Waals surface area (Å²) in [5.41, 5.74) is 2.25. The topological polar surface area (TPSA) is 55.7 Å². The number of pyridine rings is 1. The first kappa shape index (κ1) is 19.4. The molecule has 0 saturated heterocycles. The van der Waals surface area contributed by atoms with Gasteiger partial charge in [0.05, 0.1) is 23.9 Å². The number of alkyl halides is 3. The van der Waals surface area contributed by atoms with Gasteiger partial charge in [-0.05, 0) is 29.8 Å². The molecule has 0 aliphatic heterocycles. The molecule has 0 amide bonds. The van der Waals surface area contributed by atoms with E-state index in [2.05, 4.69) is 21.4 Å². The van der Waals surface area contributed by atoms with E-state index in [1.165, 1.54) is 19.4 Å². The predicted molar refractivity (Wildman–Crippen MR) is 92.8 cm³/mol. The Morgan fingerprint density at radius 2 is 2.15 bits per heavy atom. The Morgan fingerprint density at radius 3 is 2.73 bits per heavy atom. The van der Waals surface area contributed by atoms with Crippen molar-refractivity contribution in [1.82, 2.24) is 4.98 Å². The molecule has 136 valence electrons. The molecular formula is C17H13ClF3N3O2. The predicted octanol–water partition coefficient (Wildman–Crippen LogP) is 4.22. The molecule has 0 fully saturated rings. The molecule has 0 atom stereocenters. The fourth-order valence-electron chi connectivity index (χ4n) is 1.87. The first-order valence-electron chi connectivity index (χ1n) is 7.11. The number of nitrogens with one attached hydrogen (secondary N) is 1.